The van der Waals surface area contributed by atoms with Crippen molar-refractivity contribution in [1.82, 2.24) is 19.9 Å². The summed E-state index contributed by atoms with van der Waals surface area (Å²) in [7, 11) is 3.99. The van der Waals surface area contributed by atoms with Gasteiger partial charge >= 0.3 is 18.1 Å². The molecule has 1 amide bonds. The number of aromatic nitrogens is 2. The van der Waals surface area contributed by atoms with Crippen LogP contribution in [0.1, 0.15) is 93.1 Å². The second kappa shape index (κ2) is 12.6. The highest BCUT2D eigenvalue weighted by Crippen LogP contribution is 2.31. The van der Waals surface area contributed by atoms with E-state index in [1.54, 1.807) is 4.90 Å². The second-order valence-corrected chi connectivity index (χ2v) is 10.0. The Hall–Kier alpha value is -2.50. The monoisotopic (exact) mass is 516 g/mol. The minimum Gasteiger partial charge on any atom is -0.386 e. The number of amides is 1. The molecule has 0 unspecified atom stereocenters. The van der Waals surface area contributed by atoms with Crippen LogP contribution in [0.2, 0.25) is 0 Å². The van der Waals surface area contributed by atoms with Gasteiger partial charge in [0.2, 0.25) is 5.89 Å². The Morgan fingerprint density at radius 3 is 2.39 bits per heavy atom. The SMILES string of the molecule is CN(C)C1CCN(C(=O)c2noc([C@H](CCCC3CCCCC3)CC(=O)OC(=O)C(F)(F)F)n2)CC1. The number of carbonyl (C=O) groups excluding carboxylic acids is 3. The van der Waals surface area contributed by atoms with E-state index >= 15 is 0 Å². The van der Waals surface area contributed by atoms with Gasteiger partial charge in [0.1, 0.15) is 0 Å². The number of likely N-dealkylation sites (tertiary alicyclic amines) is 1. The summed E-state index contributed by atoms with van der Waals surface area (Å²) in [6, 6.07) is 0.383. The summed E-state index contributed by atoms with van der Waals surface area (Å²) in [6.07, 6.45) is 3.67. The lowest BCUT2D eigenvalue weighted by Gasteiger charge is -2.34. The minimum atomic E-state index is -5.27. The smallest absolute Gasteiger partial charge is 0.386 e. The van der Waals surface area contributed by atoms with Gasteiger partial charge in [0.25, 0.3) is 11.7 Å². The number of esters is 2. The van der Waals surface area contributed by atoms with E-state index in [1.165, 1.54) is 19.3 Å². The van der Waals surface area contributed by atoms with E-state index < -0.39 is 36.4 Å². The fourth-order valence-electron chi connectivity index (χ4n) is 5.06. The number of piperidine rings is 1. The van der Waals surface area contributed by atoms with Crippen molar-refractivity contribution in [2.24, 2.45) is 5.92 Å². The van der Waals surface area contributed by atoms with Crippen LogP contribution in [-0.4, -0.2) is 77.2 Å². The molecule has 0 radical (unpaired) electrons. The van der Waals surface area contributed by atoms with E-state index in [1.807, 2.05) is 14.1 Å². The van der Waals surface area contributed by atoms with Crippen molar-refractivity contribution < 1.29 is 36.8 Å². The zero-order valence-electron chi connectivity index (χ0n) is 20.9. The van der Waals surface area contributed by atoms with E-state index in [0.29, 0.717) is 37.9 Å². The minimum absolute atomic E-state index is 0.0124. The van der Waals surface area contributed by atoms with Crippen LogP contribution in [0, 0.1) is 5.92 Å². The predicted octanol–water partition coefficient (Wildman–Crippen LogP) is 4.09. The van der Waals surface area contributed by atoms with Gasteiger partial charge in [-0.3, -0.25) is 9.59 Å². The Kier molecular flexibility index (Phi) is 9.86. The van der Waals surface area contributed by atoms with E-state index in [-0.39, 0.29) is 11.7 Å². The normalized spacial score (nSPS) is 18.9. The lowest BCUT2D eigenvalue weighted by molar-refractivity contribution is -0.202. The number of nitrogens with zero attached hydrogens (tertiary/aromatic N) is 4. The molecule has 0 bridgehead atoms. The molecule has 202 valence electrons. The van der Waals surface area contributed by atoms with Gasteiger partial charge in [-0.15, -0.1) is 0 Å². The first kappa shape index (κ1) is 28.1. The second-order valence-electron chi connectivity index (χ2n) is 10.0. The van der Waals surface area contributed by atoms with Crippen LogP contribution in [0.15, 0.2) is 4.52 Å². The summed E-state index contributed by atoms with van der Waals surface area (Å²) in [6.45, 7) is 1.09. The maximum atomic E-state index is 12.9. The Morgan fingerprint density at radius 2 is 1.78 bits per heavy atom. The number of ether oxygens (including phenoxy) is 1. The van der Waals surface area contributed by atoms with E-state index in [2.05, 4.69) is 19.8 Å². The molecule has 1 aliphatic heterocycles. The van der Waals surface area contributed by atoms with Gasteiger partial charge in [-0.05, 0) is 39.3 Å². The highest BCUT2D eigenvalue weighted by Gasteiger charge is 2.43. The largest absolute Gasteiger partial charge is 0.491 e. The lowest BCUT2D eigenvalue weighted by Crippen LogP contribution is -2.44. The first-order valence-electron chi connectivity index (χ1n) is 12.7. The first-order valence-corrected chi connectivity index (χ1v) is 12.7. The fraction of sp³-hybridized carbons (Fsp3) is 0.792. The van der Waals surface area contributed by atoms with Crippen molar-refractivity contribution in [3.05, 3.63) is 11.7 Å². The van der Waals surface area contributed by atoms with Crippen molar-refractivity contribution in [2.45, 2.75) is 88.8 Å². The maximum Gasteiger partial charge on any atom is 0.491 e. The van der Waals surface area contributed by atoms with Crippen LogP contribution >= 0.6 is 0 Å². The summed E-state index contributed by atoms with van der Waals surface area (Å²) in [5.41, 5.74) is 0. The fourth-order valence-corrected chi connectivity index (χ4v) is 5.06. The summed E-state index contributed by atoms with van der Waals surface area (Å²) >= 11 is 0. The maximum absolute atomic E-state index is 12.9. The van der Waals surface area contributed by atoms with Crippen LogP contribution in [-0.2, 0) is 14.3 Å². The lowest BCUT2D eigenvalue weighted by atomic mass is 9.84. The Morgan fingerprint density at radius 1 is 1.11 bits per heavy atom. The zero-order valence-corrected chi connectivity index (χ0v) is 20.9. The Labute approximate surface area is 208 Å². The van der Waals surface area contributed by atoms with Crippen LogP contribution < -0.4 is 0 Å². The number of alkyl halides is 3. The van der Waals surface area contributed by atoms with Crippen LogP contribution in [0.3, 0.4) is 0 Å². The molecule has 1 saturated heterocycles. The van der Waals surface area contributed by atoms with Gasteiger partial charge in [-0.2, -0.15) is 18.2 Å². The quantitative estimate of drug-likeness (QED) is 0.357. The highest BCUT2D eigenvalue weighted by atomic mass is 19.4. The molecule has 2 heterocycles. The summed E-state index contributed by atoms with van der Waals surface area (Å²) in [5.74, 6) is -4.61. The van der Waals surface area contributed by atoms with Crippen LogP contribution in [0.4, 0.5) is 13.2 Å². The van der Waals surface area contributed by atoms with Crippen molar-refractivity contribution in [2.75, 3.05) is 27.2 Å². The summed E-state index contributed by atoms with van der Waals surface area (Å²) < 4.78 is 46.8. The molecule has 0 aromatic carbocycles. The van der Waals surface area contributed by atoms with Gasteiger partial charge in [-0.1, -0.05) is 50.1 Å². The molecule has 1 atom stereocenters. The Balaban J connectivity index is 1.64. The molecule has 0 spiro atoms. The molecular formula is C24H35F3N4O5. The van der Waals surface area contributed by atoms with Gasteiger partial charge in [0.15, 0.2) is 0 Å². The zero-order chi connectivity index (χ0) is 26.3. The van der Waals surface area contributed by atoms with Crippen LogP contribution in [0.25, 0.3) is 0 Å². The molecule has 0 N–H and O–H groups in total. The number of hydrogen-bond donors (Lipinski definition) is 0. The Bertz CT molecular complexity index is 891. The molecule has 36 heavy (non-hydrogen) atoms. The standard InChI is InChI=1S/C24H35F3N4O5/c1-30(2)18-11-13-31(14-12-18)22(33)20-28-21(36-29-20)17(10-6-9-16-7-4-3-5-8-16)15-19(32)35-23(34)24(25,26)27/h16-18H,3-15H2,1-2H3/t17-/m1/s1. The number of hydrogen-bond acceptors (Lipinski definition) is 8. The molecule has 12 heteroatoms. The first-order chi connectivity index (χ1) is 17.0. The number of rotatable bonds is 9. The van der Waals surface area contributed by atoms with Gasteiger partial charge in [0, 0.05) is 25.0 Å². The average Bonchev–Trinajstić information content (AvgIpc) is 3.33. The van der Waals surface area contributed by atoms with Gasteiger partial charge in [0.05, 0.1) is 6.42 Å². The van der Waals surface area contributed by atoms with Gasteiger partial charge < -0.3 is 19.1 Å². The third-order valence-corrected chi connectivity index (χ3v) is 7.21. The molecule has 1 aromatic heterocycles. The predicted molar refractivity (Wildman–Crippen MR) is 122 cm³/mol. The van der Waals surface area contributed by atoms with E-state index in [9.17, 15) is 27.6 Å². The molecule has 9 nitrogen and oxygen atoms in total. The molecule has 1 aliphatic carbocycles. The van der Waals surface area contributed by atoms with Crippen molar-refractivity contribution in [1.29, 1.82) is 0 Å². The average molecular weight is 517 g/mol. The van der Waals surface area contributed by atoms with E-state index in [4.69, 9.17) is 4.52 Å². The third-order valence-electron chi connectivity index (χ3n) is 7.21. The molecular weight excluding hydrogens is 481 g/mol. The molecule has 3 rings (SSSR count). The van der Waals surface area contributed by atoms with Crippen molar-refractivity contribution >= 4 is 17.8 Å². The summed E-state index contributed by atoms with van der Waals surface area (Å²) in [4.78, 5) is 44.0. The molecule has 2 fully saturated rings. The topological polar surface area (TPSA) is 106 Å². The third kappa shape index (κ3) is 8.01. The van der Waals surface area contributed by atoms with Crippen molar-refractivity contribution in [3.8, 4) is 0 Å². The molecule has 2 aliphatic rings. The summed E-state index contributed by atoms with van der Waals surface area (Å²) in [5, 5.41) is 3.78. The van der Waals surface area contributed by atoms with E-state index in [0.717, 1.165) is 32.1 Å². The molecule has 1 saturated carbocycles. The van der Waals surface area contributed by atoms with Crippen LogP contribution in [0.5, 0.6) is 0 Å². The molecule has 1 aromatic rings. The number of halogens is 3. The van der Waals surface area contributed by atoms with Crippen molar-refractivity contribution in [3.63, 3.8) is 0 Å². The highest BCUT2D eigenvalue weighted by molar-refractivity contribution is 5.90. The van der Waals surface area contributed by atoms with Gasteiger partial charge in [-0.25, -0.2) is 4.79 Å². The number of carbonyl (C=O) groups is 3.